The molecule has 0 bridgehead atoms. The number of thiophene rings is 1. The molecule has 0 saturated heterocycles. The molecule has 1 aliphatic rings. The Morgan fingerprint density at radius 3 is 2.94 bits per heavy atom. The Labute approximate surface area is 105 Å². The minimum absolute atomic E-state index is 0.139. The molecule has 2 aromatic rings. The summed E-state index contributed by atoms with van der Waals surface area (Å²) in [5.74, 6) is 1.04. The van der Waals surface area contributed by atoms with E-state index in [0.29, 0.717) is 6.04 Å². The topological polar surface area (TPSA) is 38.0 Å². The van der Waals surface area contributed by atoms with Gasteiger partial charge in [-0.3, -0.25) is 0 Å². The molecule has 0 amide bonds. The van der Waals surface area contributed by atoms with Crippen molar-refractivity contribution in [2.75, 3.05) is 0 Å². The molecule has 2 atom stereocenters. The number of nitrogens with zero attached hydrogens (tertiary/aromatic N) is 2. The predicted octanol–water partition coefficient (Wildman–Crippen LogP) is 3.01. The van der Waals surface area contributed by atoms with E-state index in [4.69, 9.17) is 0 Å². The average Bonchev–Trinajstić information content (AvgIpc) is 2.96. The van der Waals surface area contributed by atoms with Crippen LogP contribution in [0, 0.1) is 6.92 Å². The maximum absolute atomic E-state index is 9.63. The van der Waals surface area contributed by atoms with Gasteiger partial charge in [-0.05, 0) is 38.3 Å². The van der Waals surface area contributed by atoms with Crippen LogP contribution in [0.1, 0.15) is 30.2 Å². The van der Waals surface area contributed by atoms with Crippen molar-refractivity contribution in [1.82, 2.24) is 9.55 Å². The van der Waals surface area contributed by atoms with Crippen molar-refractivity contribution in [2.24, 2.45) is 0 Å². The van der Waals surface area contributed by atoms with E-state index in [0.717, 1.165) is 25.1 Å². The van der Waals surface area contributed by atoms with Crippen LogP contribution >= 0.6 is 11.3 Å². The van der Waals surface area contributed by atoms with E-state index in [1.807, 2.05) is 12.4 Å². The van der Waals surface area contributed by atoms with Gasteiger partial charge in [0.1, 0.15) is 5.82 Å². The maximum atomic E-state index is 9.63. The highest BCUT2D eigenvalue weighted by molar-refractivity contribution is 7.15. The van der Waals surface area contributed by atoms with Gasteiger partial charge in [0.15, 0.2) is 0 Å². The summed E-state index contributed by atoms with van der Waals surface area (Å²) < 4.78 is 2.22. The zero-order chi connectivity index (χ0) is 11.8. The molecule has 0 aliphatic heterocycles. The molecule has 2 heterocycles. The normalized spacial score (nSPS) is 24.4. The molecular weight excluding hydrogens is 232 g/mol. The van der Waals surface area contributed by atoms with Gasteiger partial charge in [0, 0.05) is 23.3 Å². The van der Waals surface area contributed by atoms with E-state index in [2.05, 4.69) is 28.6 Å². The molecule has 1 saturated carbocycles. The quantitative estimate of drug-likeness (QED) is 0.887. The smallest absolute Gasteiger partial charge is 0.150 e. The Bertz CT molecular complexity index is 517. The van der Waals surface area contributed by atoms with Crippen molar-refractivity contribution in [3.05, 3.63) is 29.4 Å². The first kappa shape index (κ1) is 11.0. The molecule has 1 N–H and O–H groups in total. The first-order chi connectivity index (χ1) is 8.24. The summed E-state index contributed by atoms with van der Waals surface area (Å²) in [6.07, 6.45) is 6.57. The molecule has 0 aromatic carbocycles. The third-order valence-corrected chi connectivity index (χ3v) is 4.40. The van der Waals surface area contributed by atoms with Crippen LogP contribution in [0.25, 0.3) is 10.7 Å². The summed E-state index contributed by atoms with van der Waals surface area (Å²) >= 11 is 1.77. The van der Waals surface area contributed by atoms with Gasteiger partial charge in [-0.2, -0.15) is 0 Å². The third-order valence-electron chi connectivity index (χ3n) is 3.40. The van der Waals surface area contributed by atoms with Gasteiger partial charge in [-0.25, -0.2) is 4.98 Å². The van der Waals surface area contributed by atoms with Crippen LogP contribution in [0.4, 0.5) is 0 Å². The maximum Gasteiger partial charge on any atom is 0.150 e. The van der Waals surface area contributed by atoms with E-state index in [1.54, 1.807) is 11.3 Å². The summed E-state index contributed by atoms with van der Waals surface area (Å²) in [6.45, 7) is 2.11. The van der Waals surface area contributed by atoms with Gasteiger partial charge in [0.05, 0.1) is 11.0 Å². The summed E-state index contributed by atoms with van der Waals surface area (Å²) in [4.78, 5) is 6.98. The molecule has 0 spiro atoms. The lowest BCUT2D eigenvalue weighted by Gasteiger charge is -2.14. The van der Waals surface area contributed by atoms with E-state index in [1.165, 1.54) is 9.75 Å². The van der Waals surface area contributed by atoms with E-state index >= 15 is 0 Å². The number of aliphatic hydroxyl groups excluding tert-OH is 1. The number of aromatic nitrogens is 2. The van der Waals surface area contributed by atoms with Crippen molar-refractivity contribution < 1.29 is 5.11 Å². The van der Waals surface area contributed by atoms with E-state index in [9.17, 15) is 5.11 Å². The Morgan fingerprint density at radius 1 is 1.41 bits per heavy atom. The number of imidazole rings is 1. The second-order valence-corrected chi connectivity index (χ2v) is 5.98. The number of hydrogen-bond acceptors (Lipinski definition) is 3. The number of aryl methyl sites for hydroxylation is 1. The molecule has 1 fully saturated rings. The van der Waals surface area contributed by atoms with Crippen LogP contribution in [0.5, 0.6) is 0 Å². The molecule has 1 aliphatic carbocycles. The molecule has 0 radical (unpaired) electrons. The molecule has 4 heteroatoms. The summed E-state index contributed by atoms with van der Waals surface area (Å²) in [6, 6.07) is 4.66. The van der Waals surface area contributed by atoms with Gasteiger partial charge in [-0.15, -0.1) is 11.3 Å². The zero-order valence-corrected chi connectivity index (χ0v) is 10.7. The van der Waals surface area contributed by atoms with Crippen LogP contribution in [0.3, 0.4) is 0 Å². The fourth-order valence-corrected chi connectivity index (χ4v) is 3.41. The van der Waals surface area contributed by atoms with Crippen LogP contribution in [-0.4, -0.2) is 20.8 Å². The van der Waals surface area contributed by atoms with Crippen LogP contribution in [0.15, 0.2) is 24.5 Å². The summed E-state index contributed by atoms with van der Waals surface area (Å²) in [7, 11) is 0. The highest BCUT2D eigenvalue weighted by atomic mass is 32.1. The Kier molecular flexibility index (Phi) is 2.76. The predicted molar refractivity (Wildman–Crippen MR) is 69.2 cm³/mol. The fraction of sp³-hybridized carbons (Fsp3) is 0.462. The first-order valence-electron chi connectivity index (χ1n) is 6.02. The van der Waals surface area contributed by atoms with Crippen molar-refractivity contribution in [3.63, 3.8) is 0 Å². The molecule has 17 heavy (non-hydrogen) atoms. The lowest BCUT2D eigenvalue weighted by molar-refractivity contribution is 0.178. The van der Waals surface area contributed by atoms with Crippen molar-refractivity contribution in [1.29, 1.82) is 0 Å². The van der Waals surface area contributed by atoms with Crippen molar-refractivity contribution in [3.8, 4) is 10.7 Å². The number of rotatable bonds is 2. The van der Waals surface area contributed by atoms with Gasteiger partial charge in [0.2, 0.25) is 0 Å². The Hall–Kier alpha value is -1.13. The van der Waals surface area contributed by atoms with E-state index in [-0.39, 0.29) is 6.10 Å². The standard InChI is InChI=1S/C13H16N2OS/c1-9-2-5-12(17-9)13-14-6-7-15(13)10-3-4-11(16)8-10/h2,5-7,10-11,16H,3-4,8H2,1H3/t10-,11+/m1/s1. The molecule has 90 valence electrons. The molecule has 3 nitrogen and oxygen atoms in total. The van der Waals surface area contributed by atoms with Crippen LogP contribution in [0.2, 0.25) is 0 Å². The largest absolute Gasteiger partial charge is 0.393 e. The lowest BCUT2D eigenvalue weighted by atomic mass is 10.2. The number of aliphatic hydroxyl groups is 1. The minimum Gasteiger partial charge on any atom is -0.393 e. The average molecular weight is 248 g/mol. The lowest BCUT2D eigenvalue weighted by Crippen LogP contribution is -2.07. The molecule has 0 unspecified atom stereocenters. The Balaban J connectivity index is 1.94. The first-order valence-corrected chi connectivity index (χ1v) is 6.83. The Morgan fingerprint density at radius 2 is 2.29 bits per heavy atom. The number of hydrogen-bond donors (Lipinski definition) is 1. The molecular formula is C13H16N2OS. The third kappa shape index (κ3) is 2.03. The minimum atomic E-state index is -0.139. The highest BCUT2D eigenvalue weighted by Crippen LogP contribution is 2.35. The van der Waals surface area contributed by atoms with E-state index < -0.39 is 0 Å². The van der Waals surface area contributed by atoms with Crippen LogP contribution in [-0.2, 0) is 0 Å². The highest BCUT2D eigenvalue weighted by Gasteiger charge is 2.26. The SMILES string of the molecule is Cc1ccc(-c2nccn2[C@@H]2CC[C@H](O)C2)s1. The second-order valence-electron chi connectivity index (χ2n) is 4.69. The molecule has 3 rings (SSSR count). The van der Waals surface area contributed by atoms with Crippen molar-refractivity contribution >= 4 is 11.3 Å². The van der Waals surface area contributed by atoms with Gasteiger partial charge in [-0.1, -0.05) is 0 Å². The van der Waals surface area contributed by atoms with Crippen molar-refractivity contribution in [2.45, 2.75) is 38.3 Å². The zero-order valence-electron chi connectivity index (χ0n) is 9.84. The fourth-order valence-electron chi connectivity index (χ4n) is 2.54. The molecule has 2 aromatic heterocycles. The van der Waals surface area contributed by atoms with Gasteiger partial charge >= 0.3 is 0 Å². The summed E-state index contributed by atoms with van der Waals surface area (Å²) in [5, 5.41) is 9.63. The monoisotopic (exact) mass is 248 g/mol. The second kappa shape index (κ2) is 4.27. The summed E-state index contributed by atoms with van der Waals surface area (Å²) in [5.41, 5.74) is 0. The van der Waals surface area contributed by atoms with Gasteiger partial charge < -0.3 is 9.67 Å². The van der Waals surface area contributed by atoms with Crippen LogP contribution < -0.4 is 0 Å². The van der Waals surface area contributed by atoms with Gasteiger partial charge in [0.25, 0.3) is 0 Å².